The Morgan fingerprint density at radius 1 is 1.00 bits per heavy atom. The molecule has 0 unspecified atom stereocenters. The first kappa shape index (κ1) is 21.9. The SMILES string of the molecule is C=C[C@H](C(OC)OC)N(C/C=C(/C)COc1ccccc1)Cc1ccccc1. The lowest BCUT2D eigenvalue weighted by Crippen LogP contribution is -2.43. The minimum atomic E-state index is -0.379. The molecule has 0 aliphatic rings. The molecule has 1 atom stereocenters. The number of ether oxygens (including phenoxy) is 3. The average Bonchev–Trinajstić information content (AvgIpc) is 2.75. The van der Waals surface area contributed by atoms with E-state index < -0.39 is 0 Å². The Hall–Kier alpha value is -2.40. The predicted octanol–water partition coefficient (Wildman–Crippen LogP) is 4.69. The summed E-state index contributed by atoms with van der Waals surface area (Å²) in [5.41, 5.74) is 2.39. The fraction of sp³-hybridized carbons (Fsp3) is 0.333. The molecule has 0 saturated carbocycles. The first-order chi connectivity index (χ1) is 13.7. The summed E-state index contributed by atoms with van der Waals surface area (Å²) in [5.74, 6) is 0.874. The van der Waals surface area contributed by atoms with E-state index in [1.54, 1.807) is 14.2 Å². The van der Waals surface area contributed by atoms with Gasteiger partial charge in [-0.2, -0.15) is 0 Å². The standard InChI is InChI=1S/C24H31NO3/c1-5-23(24(26-3)27-4)25(18-21-12-8-6-9-13-21)17-16-20(2)19-28-22-14-10-7-11-15-22/h5-16,23-24H,1,17-19H2,2-4H3/b20-16-/t23-/m1/s1. The predicted molar refractivity (Wildman–Crippen MR) is 114 cm³/mol. The van der Waals surface area contributed by atoms with Gasteiger partial charge in [-0.25, -0.2) is 0 Å². The Kier molecular flexibility index (Phi) is 9.49. The topological polar surface area (TPSA) is 30.9 Å². The van der Waals surface area contributed by atoms with Crippen molar-refractivity contribution in [2.24, 2.45) is 0 Å². The van der Waals surface area contributed by atoms with Gasteiger partial charge in [0.15, 0.2) is 6.29 Å². The normalized spacial score (nSPS) is 13.0. The molecule has 0 fully saturated rings. The second kappa shape index (κ2) is 12.1. The van der Waals surface area contributed by atoms with Gasteiger partial charge in [0.25, 0.3) is 0 Å². The summed E-state index contributed by atoms with van der Waals surface area (Å²) in [6.07, 6.45) is 3.69. The van der Waals surface area contributed by atoms with Gasteiger partial charge in [-0.05, 0) is 30.2 Å². The zero-order valence-electron chi connectivity index (χ0n) is 17.1. The van der Waals surface area contributed by atoms with Crippen molar-refractivity contribution in [1.82, 2.24) is 4.90 Å². The molecule has 4 nitrogen and oxygen atoms in total. The molecule has 2 aromatic carbocycles. The molecule has 4 heteroatoms. The Labute approximate surface area is 169 Å². The lowest BCUT2D eigenvalue weighted by atomic mass is 10.1. The van der Waals surface area contributed by atoms with Crippen molar-refractivity contribution >= 4 is 0 Å². The lowest BCUT2D eigenvalue weighted by molar-refractivity contribution is -0.135. The Bertz CT molecular complexity index is 711. The first-order valence-corrected chi connectivity index (χ1v) is 9.47. The largest absolute Gasteiger partial charge is 0.489 e. The van der Waals surface area contributed by atoms with Gasteiger partial charge in [-0.3, -0.25) is 4.90 Å². The van der Waals surface area contributed by atoms with Crippen LogP contribution in [-0.2, 0) is 16.0 Å². The summed E-state index contributed by atoms with van der Waals surface area (Å²) in [6.45, 7) is 8.13. The number of methoxy groups -OCH3 is 2. The molecule has 2 rings (SSSR count). The number of hydrogen-bond acceptors (Lipinski definition) is 4. The molecule has 0 aromatic heterocycles. The van der Waals surface area contributed by atoms with Crippen LogP contribution in [-0.4, -0.2) is 44.6 Å². The minimum Gasteiger partial charge on any atom is -0.489 e. The van der Waals surface area contributed by atoms with Crippen molar-refractivity contribution in [1.29, 1.82) is 0 Å². The van der Waals surface area contributed by atoms with E-state index >= 15 is 0 Å². The molecule has 0 saturated heterocycles. The van der Waals surface area contributed by atoms with Gasteiger partial charge in [0.1, 0.15) is 12.4 Å². The Balaban J connectivity index is 2.07. The van der Waals surface area contributed by atoms with E-state index in [-0.39, 0.29) is 12.3 Å². The summed E-state index contributed by atoms with van der Waals surface area (Å²) < 4.78 is 16.8. The monoisotopic (exact) mass is 381 g/mol. The Morgan fingerprint density at radius 2 is 1.61 bits per heavy atom. The van der Waals surface area contributed by atoms with Gasteiger partial charge in [0, 0.05) is 27.3 Å². The molecular formula is C24H31NO3. The van der Waals surface area contributed by atoms with Crippen LogP contribution in [0, 0.1) is 0 Å². The third kappa shape index (κ3) is 6.97. The smallest absolute Gasteiger partial charge is 0.175 e. The molecule has 0 aliphatic heterocycles. The van der Waals surface area contributed by atoms with Crippen LogP contribution < -0.4 is 4.74 Å². The third-order valence-corrected chi connectivity index (χ3v) is 4.52. The molecule has 28 heavy (non-hydrogen) atoms. The number of hydrogen-bond donors (Lipinski definition) is 0. The van der Waals surface area contributed by atoms with Crippen LogP contribution in [0.4, 0.5) is 0 Å². The van der Waals surface area contributed by atoms with E-state index in [4.69, 9.17) is 14.2 Å². The van der Waals surface area contributed by atoms with Gasteiger partial charge >= 0.3 is 0 Å². The molecule has 0 heterocycles. The molecule has 0 radical (unpaired) electrons. The molecule has 0 bridgehead atoms. The van der Waals surface area contributed by atoms with Crippen molar-refractivity contribution in [2.75, 3.05) is 27.4 Å². The zero-order valence-corrected chi connectivity index (χ0v) is 17.1. The molecule has 0 N–H and O–H groups in total. The molecule has 0 spiro atoms. The van der Waals surface area contributed by atoms with E-state index in [1.807, 2.05) is 42.5 Å². The van der Waals surface area contributed by atoms with Gasteiger partial charge in [0.2, 0.25) is 0 Å². The number of rotatable bonds is 12. The van der Waals surface area contributed by atoms with Crippen molar-refractivity contribution in [3.05, 3.63) is 90.5 Å². The van der Waals surface area contributed by atoms with E-state index in [9.17, 15) is 0 Å². The maximum Gasteiger partial charge on any atom is 0.175 e. The number of para-hydroxylation sites is 1. The van der Waals surface area contributed by atoms with Crippen LogP contribution in [0.5, 0.6) is 5.75 Å². The highest BCUT2D eigenvalue weighted by molar-refractivity contribution is 5.22. The van der Waals surface area contributed by atoms with Crippen LogP contribution >= 0.6 is 0 Å². The van der Waals surface area contributed by atoms with E-state index in [1.165, 1.54) is 5.56 Å². The van der Waals surface area contributed by atoms with E-state index in [2.05, 4.69) is 48.7 Å². The van der Waals surface area contributed by atoms with Crippen molar-refractivity contribution in [3.63, 3.8) is 0 Å². The van der Waals surface area contributed by atoms with E-state index in [0.29, 0.717) is 6.61 Å². The van der Waals surface area contributed by atoms with Crippen molar-refractivity contribution in [2.45, 2.75) is 25.8 Å². The Morgan fingerprint density at radius 3 is 2.18 bits per heavy atom. The van der Waals surface area contributed by atoms with Gasteiger partial charge < -0.3 is 14.2 Å². The van der Waals surface area contributed by atoms with Gasteiger partial charge in [-0.1, -0.05) is 60.7 Å². The number of nitrogens with zero attached hydrogens (tertiary/aromatic N) is 1. The van der Waals surface area contributed by atoms with Crippen LogP contribution in [0.3, 0.4) is 0 Å². The summed E-state index contributed by atoms with van der Waals surface area (Å²) in [6, 6.07) is 20.1. The van der Waals surface area contributed by atoms with Crippen LogP contribution in [0.25, 0.3) is 0 Å². The molecule has 0 amide bonds. The maximum atomic E-state index is 5.84. The van der Waals surface area contributed by atoms with Crippen molar-refractivity contribution < 1.29 is 14.2 Å². The quantitative estimate of drug-likeness (QED) is 0.394. The summed E-state index contributed by atoms with van der Waals surface area (Å²) in [5, 5.41) is 0. The van der Waals surface area contributed by atoms with E-state index in [0.717, 1.165) is 24.4 Å². The lowest BCUT2D eigenvalue weighted by Gasteiger charge is -2.33. The maximum absolute atomic E-state index is 5.84. The van der Waals surface area contributed by atoms with Crippen LogP contribution in [0.2, 0.25) is 0 Å². The third-order valence-electron chi connectivity index (χ3n) is 4.52. The van der Waals surface area contributed by atoms with Gasteiger partial charge in [-0.15, -0.1) is 6.58 Å². The highest BCUT2D eigenvalue weighted by Gasteiger charge is 2.24. The molecular weight excluding hydrogens is 350 g/mol. The van der Waals surface area contributed by atoms with Crippen molar-refractivity contribution in [3.8, 4) is 5.75 Å². The van der Waals surface area contributed by atoms with Gasteiger partial charge in [0.05, 0.1) is 6.04 Å². The molecule has 150 valence electrons. The highest BCUT2D eigenvalue weighted by atomic mass is 16.7. The minimum absolute atomic E-state index is 0.0747. The second-order valence-electron chi connectivity index (χ2n) is 6.63. The summed E-state index contributed by atoms with van der Waals surface area (Å²) in [4.78, 5) is 2.28. The number of benzene rings is 2. The fourth-order valence-electron chi connectivity index (χ4n) is 2.96. The summed E-state index contributed by atoms with van der Waals surface area (Å²) in [7, 11) is 3.31. The average molecular weight is 382 g/mol. The van der Waals surface area contributed by atoms with Crippen LogP contribution in [0.15, 0.2) is 85.0 Å². The highest BCUT2D eigenvalue weighted by Crippen LogP contribution is 2.16. The summed E-state index contributed by atoms with van der Waals surface area (Å²) >= 11 is 0. The molecule has 0 aliphatic carbocycles. The second-order valence-corrected chi connectivity index (χ2v) is 6.63. The first-order valence-electron chi connectivity index (χ1n) is 9.47. The fourth-order valence-corrected chi connectivity index (χ4v) is 2.96. The van der Waals surface area contributed by atoms with Crippen LogP contribution in [0.1, 0.15) is 12.5 Å². The zero-order chi connectivity index (χ0) is 20.2. The molecule has 2 aromatic rings.